The summed E-state index contributed by atoms with van der Waals surface area (Å²) < 4.78 is 0. The van der Waals surface area contributed by atoms with Crippen molar-refractivity contribution < 1.29 is 10.0 Å². The molecule has 1 aromatic rings. The van der Waals surface area contributed by atoms with Gasteiger partial charge >= 0.3 is 0 Å². The van der Waals surface area contributed by atoms with E-state index >= 15 is 0 Å². The van der Waals surface area contributed by atoms with E-state index < -0.39 is 5.54 Å². The summed E-state index contributed by atoms with van der Waals surface area (Å²) in [4.78, 5) is 12.2. The second kappa shape index (κ2) is 6.93. The smallest absolute Gasteiger partial charge is 0.225 e. The second-order valence-electron chi connectivity index (χ2n) is 4.93. The van der Waals surface area contributed by atoms with Crippen LogP contribution in [0.1, 0.15) is 37.8 Å². The van der Waals surface area contributed by atoms with E-state index in [0.29, 0.717) is 12.8 Å². The van der Waals surface area contributed by atoms with E-state index in [1.54, 1.807) is 0 Å². The van der Waals surface area contributed by atoms with Gasteiger partial charge in [0.05, 0.1) is 6.42 Å². The van der Waals surface area contributed by atoms with Gasteiger partial charge in [0, 0.05) is 0 Å². The molecular formula is C15H23N3O2. The number of rotatable bonds is 6. The molecule has 0 aromatic heterocycles. The Bertz CT molecular complexity index is 494. The highest BCUT2D eigenvalue weighted by Gasteiger charge is 2.33. The van der Waals surface area contributed by atoms with Gasteiger partial charge in [-0.3, -0.25) is 4.79 Å². The zero-order chi connectivity index (χ0) is 15.2. The minimum atomic E-state index is -0.783. The van der Waals surface area contributed by atoms with Crippen molar-refractivity contribution in [1.29, 1.82) is 0 Å². The van der Waals surface area contributed by atoms with Crippen molar-refractivity contribution in [3.63, 3.8) is 0 Å². The van der Waals surface area contributed by atoms with Gasteiger partial charge in [0.2, 0.25) is 5.91 Å². The van der Waals surface area contributed by atoms with E-state index in [1.807, 2.05) is 45.0 Å². The maximum absolute atomic E-state index is 12.2. The number of carbonyl (C=O) groups is 1. The molecule has 0 aliphatic heterocycles. The average molecular weight is 277 g/mol. The van der Waals surface area contributed by atoms with Gasteiger partial charge in [0.15, 0.2) is 5.84 Å². The Hall–Kier alpha value is -2.04. The number of hydrogen-bond donors (Lipinski definition) is 3. The number of oxime groups is 1. The maximum Gasteiger partial charge on any atom is 0.225 e. The summed E-state index contributed by atoms with van der Waals surface area (Å²) in [5, 5.41) is 14.9. The lowest BCUT2D eigenvalue weighted by Gasteiger charge is -2.31. The van der Waals surface area contributed by atoms with E-state index in [0.717, 1.165) is 11.1 Å². The minimum Gasteiger partial charge on any atom is -0.409 e. The van der Waals surface area contributed by atoms with Crippen LogP contribution in [0.15, 0.2) is 29.4 Å². The summed E-state index contributed by atoms with van der Waals surface area (Å²) in [5.74, 6) is -0.0877. The standard InChI is InChI=1S/C15H23N3O2/c1-4-15(5-2,14(16)18-20)17-13(19)10-12-9-7-6-8-11(12)3/h6-9,20H,4-5,10H2,1-3H3,(H2,16,18)(H,17,19). The van der Waals surface area contributed by atoms with Gasteiger partial charge in [-0.15, -0.1) is 0 Å². The summed E-state index contributed by atoms with van der Waals surface area (Å²) in [5.41, 5.74) is 7.00. The number of nitrogens with two attached hydrogens (primary N) is 1. The first-order valence-electron chi connectivity index (χ1n) is 6.82. The Balaban J connectivity index is 2.85. The lowest BCUT2D eigenvalue weighted by molar-refractivity contribution is -0.121. The van der Waals surface area contributed by atoms with Crippen molar-refractivity contribution in [1.82, 2.24) is 5.32 Å². The Morgan fingerprint density at radius 3 is 2.45 bits per heavy atom. The lowest BCUT2D eigenvalue weighted by Crippen LogP contribution is -2.57. The predicted molar refractivity (Wildman–Crippen MR) is 79.7 cm³/mol. The molecule has 0 bridgehead atoms. The molecule has 110 valence electrons. The fourth-order valence-electron chi connectivity index (χ4n) is 2.24. The van der Waals surface area contributed by atoms with Crippen LogP contribution in [0.4, 0.5) is 0 Å². The van der Waals surface area contributed by atoms with Gasteiger partial charge in [-0.1, -0.05) is 43.3 Å². The van der Waals surface area contributed by atoms with Crippen LogP contribution in [0.5, 0.6) is 0 Å². The number of nitrogens with one attached hydrogen (secondary N) is 1. The number of benzene rings is 1. The third kappa shape index (κ3) is 3.50. The van der Waals surface area contributed by atoms with Crippen molar-refractivity contribution in [2.24, 2.45) is 10.9 Å². The third-order valence-corrected chi connectivity index (χ3v) is 3.80. The Labute approximate surface area is 119 Å². The first-order chi connectivity index (χ1) is 9.49. The van der Waals surface area contributed by atoms with Gasteiger partial charge < -0.3 is 16.3 Å². The molecule has 0 aliphatic carbocycles. The number of nitrogens with zero attached hydrogens (tertiary/aromatic N) is 1. The van der Waals surface area contributed by atoms with Gasteiger partial charge in [-0.25, -0.2) is 0 Å². The van der Waals surface area contributed by atoms with Crippen LogP contribution in [-0.4, -0.2) is 22.5 Å². The average Bonchev–Trinajstić information content (AvgIpc) is 2.46. The first kappa shape index (κ1) is 16.0. The Morgan fingerprint density at radius 2 is 1.95 bits per heavy atom. The van der Waals surface area contributed by atoms with Crippen molar-refractivity contribution in [3.05, 3.63) is 35.4 Å². The molecule has 0 saturated heterocycles. The van der Waals surface area contributed by atoms with Crippen molar-refractivity contribution in [2.75, 3.05) is 0 Å². The molecule has 0 heterocycles. The van der Waals surface area contributed by atoms with E-state index in [4.69, 9.17) is 10.9 Å². The number of amides is 1. The zero-order valence-electron chi connectivity index (χ0n) is 12.3. The first-order valence-corrected chi connectivity index (χ1v) is 6.82. The Morgan fingerprint density at radius 1 is 1.35 bits per heavy atom. The molecular weight excluding hydrogens is 254 g/mol. The quantitative estimate of drug-likeness (QED) is 0.321. The summed E-state index contributed by atoms with van der Waals surface area (Å²) in [6.45, 7) is 5.77. The molecule has 1 aromatic carbocycles. The highest BCUT2D eigenvalue weighted by molar-refractivity contribution is 5.94. The van der Waals surface area contributed by atoms with Gasteiger partial charge in [0.25, 0.3) is 0 Å². The molecule has 5 heteroatoms. The highest BCUT2D eigenvalue weighted by atomic mass is 16.4. The number of hydrogen-bond acceptors (Lipinski definition) is 3. The van der Waals surface area contributed by atoms with Crippen LogP contribution < -0.4 is 11.1 Å². The largest absolute Gasteiger partial charge is 0.409 e. The Kier molecular flexibility index (Phi) is 5.55. The van der Waals surface area contributed by atoms with E-state index in [9.17, 15) is 4.79 Å². The number of aryl methyl sites for hydroxylation is 1. The van der Waals surface area contributed by atoms with Gasteiger partial charge in [-0.05, 0) is 30.9 Å². The molecule has 0 aliphatic rings. The van der Waals surface area contributed by atoms with Crippen LogP contribution in [0.2, 0.25) is 0 Å². The second-order valence-corrected chi connectivity index (χ2v) is 4.93. The topological polar surface area (TPSA) is 87.7 Å². The summed E-state index contributed by atoms with van der Waals surface area (Å²) in [6.07, 6.45) is 1.42. The van der Waals surface area contributed by atoms with Crippen molar-refractivity contribution in [3.8, 4) is 0 Å². The monoisotopic (exact) mass is 277 g/mol. The molecule has 1 amide bonds. The lowest BCUT2D eigenvalue weighted by atomic mass is 9.91. The molecule has 0 spiro atoms. The SMILES string of the molecule is CCC(CC)(NC(=O)Cc1ccccc1C)/C(N)=N/O. The summed E-state index contributed by atoms with van der Waals surface area (Å²) in [6, 6.07) is 7.75. The van der Waals surface area contributed by atoms with Gasteiger partial charge in [0.1, 0.15) is 5.54 Å². The fourth-order valence-corrected chi connectivity index (χ4v) is 2.24. The molecule has 20 heavy (non-hydrogen) atoms. The predicted octanol–water partition coefficient (Wildman–Crippen LogP) is 1.96. The molecule has 1 rings (SSSR count). The summed E-state index contributed by atoms with van der Waals surface area (Å²) >= 11 is 0. The van der Waals surface area contributed by atoms with Crippen molar-refractivity contribution >= 4 is 11.7 Å². The van der Waals surface area contributed by atoms with E-state index in [-0.39, 0.29) is 18.2 Å². The minimum absolute atomic E-state index is 0.0423. The van der Waals surface area contributed by atoms with E-state index in [1.165, 1.54) is 0 Å². The maximum atomic E-state index is 12.2. The molecule has 5 nitrogen and oxygen atoms in total. The molecule has 4 N–H and O–H groups in total. The fraction of sp³-hybridized carbons (Fsp3) is 0.467. The van der Waals surface area contributed by atoms with Crippen LogP contribution in [-0.2, 0) is 11.2 Å². The van der Waals surface area contributed by atoms with Crippen LogP contribution in [0.25, 0.3) is 0 Å². The van der Waals surface area contributed by atoms with Crippen LogP contribution in [0, 0.1) is 6.92 Å². The van der Waals surface area contributed by atoms with Crippen molar-refractivity contribution in [2.45, 2.75) is 45.6 Å². The number of amidine groups is 1. The normalized spacial score (nSPS) is 12.2. The molecule has 0 radical (unpaired) electrons. The zero-order valence-corrected chi connectivity index (χ0v) is 12.3. The number of carbonyl (C=O) groups excluding carboxylic acids is 1. The highest BCUT2D eigenvalue weighted by Crippen LogP contribution is 2.16. The summed E-state index contributed by atoms with van der Waals surface area (Å²) in [7, 11) is 0. The third-order valence-electron chi connectivity index (χ3n) is 3.80. The molecule has 0 atom stereocenters. The molecule has 0 saturated carbocycles. The van der Waals surface area contributed by atoms with E-state index in [2.05, 4.69) is 10.5 Å². The molecule has 0 unspecified atom stereocenters. The van der Waals surface area contributed by atoms with Crippen LogP contribution >= 0.6 is 0 Å². The molecule has 0 fully saturated rings. The van der Waals surface area contributed by atoms with Crippen LogP contribution in [0.3, 0.4) is 0 Å². The van der Waals surface area contributed by atoms with Gasteiger partial charge in [-0.2, -0.15) is 0 Å².